The first-order valence-electron chi connectivity index (χ1n) is 7.23. The third-order valence-corrected chi connectivity index (χ3v) is 4.52. The summed E-state index contributed by atoms with van der Waals surface area (Å²) in [6, 6.07) is 6.86. The van der Waals surface area contributed by atoms with Gasteiger partial charge in [0.2, 0.25) is 5.91 Å². The minimum absolute atomic E-state index is 0.119. The van der Waals surface area contributed by atoms with Gasteiger partial charge in [0.25, 0.3) is 0 Å². The van der Waals surface area contributed by atoms with Crippen molar-refractivity contribution < 1.29 is 14.3 Å². The van der Waals surface area contributed by atoms with Gasteiger partial charge in [-0.3, -0.25) is 4.79 Å². The lowest BCUT2D eigenvalue weighted by Crippen LogP contribution is -2.23. The number of rotatable bonds is 4. The van der Waals surface area contributed by atoms with Gasteiger partial charge in [-0.15, -0.1) is 0 Å². The van der Waals surface area contributed by atoms with E-state index in [4.69, 9.17) is 4.74 Å². The van der Waals surface area contributed by atoms with Gasteiger partial charge in [-0.1, -0.05) is 6.42 Å². The second-order valence-electron chi connectivity index (χ2n) is 5.76. The van der Waals surface area contributed by atoms with Crippen LogP contribution in [-0.2, 0) is 9.53 Å². The van der Waals surface area contributed by atoms with Crippen molar-refractivity contribution >= 4 is 17.6 Å². The zero-order valence-electron chi connectivity index (χ0n) is 11.6. The van der Waals surface area contributed by atoms with E-state index in [1.54, 1.807) is 31.2 Å². The molecule has 106 valence electrons. The van der Waals surface area contributed by atoms with Crippen molar-refractivity contribution in [2.45, 2.75) is 32.6 Å². The summed E-state index contributed by atoms with van der Waals surface area (Å²) in [6.07, 6.45) is 4.71. The Labute approximate surface area is 118 Å². The number of amides is 1. The molecule has 0 aromatic heterocycles. The van der Waals surface area contributed by atoms with Gasteiger partial charge in [-0.05, 0) is 55.9 Å². The number of hydrogen-bond donors (Lipinski definition) is 1. The summed E-state index contributed by atoms with van der Waals surface area (Å²) in [7, 11) is 0. The maximum Gasteiger partial charge on any atom is 0.338 e. The van der Waals surface area contributed by atoms with Crippen LogP contribution in [-0.4, -0.2) is 18.5 Å². The average Bonchev–Trinajstić information content (AvgIpc) is 3.15. The molecule has 1 amide bonds. The number of anilines is 1. The molecule has 0 saturated heterocycles. The van der Waals surface area contributed by atoms with Crippen LogP contribution in [0.1, 0.15) is 43.0 Å². The molecule has 2 fully saturated rings. The van der Waals surface area contributed by atoms with E-state index in [-0.39, 0.29) is 17.8 Å². The molecule has 1 aromatic carbocycles. The SMILES string of the molecule is CCOC(=O)c1ccc(NC(=O)C2CC23CCC3)cc1. The minimum Gasteiger partial charge on any atom is -0.462 e. The number of hydrogen-bond acceptors (Lipinski definition) is 3. The molecule has 2 saturated carbocycles. The van der Waals surface area contributed by atoms with Crippen molar-refractivity contribution in [2.75, 3.05) is 11.9 Å². The van der Waals surface area contributed by atoms with Crippen molar-refractivity contribution in [3.8, 4) is 0 Å². The number of carbonyl (C=O) groups excluding carboxylic acids is 2. The predicted molar refractivity (Wildman–Crippen MR) is 75.4 cm³/mol. The topological polar surface area (TPSA) is 55.4 Å². The van der Waals surface area contributed by atoms with Crippen LogP contribution in [0.25, 0.3) is 0 Å². The fourth-order valence-corrected chi connectivity index (χ4v) is 3.04. The smallest absolute Gasteiger partial charge is 0.338 e. The summed E-state index contributed by atoms with van der Waals surface area (Å²) in [5.41, 5.74) is 1.59. The average molecular weight is 273 g/mol. The molecule has 1 spiro atoms. The van der Waals surface area contributed by atoms with Gasteiger partial charge in [0.15, 0.2) is 0 Å². The Morgan fingerprint density at radius 3 is 2.50 bits per heavy atom. The highest BCUT2D eigenvalue weighted by Crippen LogP contribution is 2.65. The molecular weight excluding hydrogens is 254 g/mol. The van der Waals surface area contributed by atoms with Gasteiger partial charge in [-0.2, -0.15) is 0 Å². The van der Waals surface area contributed by atoms with E-state index in [1.807, 2.05) is 0 Å². The number of benzene rings is 1. The summed E-state index contributed by atoms with van der Waals surface area (Å²) in [5, 5.41) is 2.93. The van der Waals surface area contributed by atoms with Crippen LogP contribution in [0, 0.1) is 11.3 Å². The Balaban J connectivity index is 1.58. The zero-order chi connectivity index (χ0) is 14.2. The van der Waals surface area contributed by atoms with E-state index < -0.39 is 0 Å². The lowest BCUT2D eigenvalue weighted by Gasteiger charge is -2.26. The lowest BCUT2D eigenvalue weighted by molar-refractivity contribution is -0.118. The molecule has 3 rings (SSSR count). The van der Waals surface area contributed by atoms with Crippen molar-refractivity contribution in [1.82, 2.24) is 0 Å². The number of esters is 1. The second-order valence-corrected chi connectivity index (χ2v) is 5.76. The fraction of sp³-hybridized carbons (Fsp3) is 0.500. The molecule has 0 heterocycles. The second kappa shape index (κ2) is 4.93. The Morgan fingerprint density at radius 1 is 1.30 bits per heavy atom. The largest absolute Gasteiger partial charge is 0.462 e. The van der Waals surface area contributed by atoms with Gasteiger partial charge in [0.05, 0.1) is 12.2 Å². The molecule has 0 bridgehead atoms. The molecule has 20 heavy (non-hydrogen) atoms. The van der Waals surface area contributed by atoms with E-state index in [0.29, 0.717) is 17.6 Å². The van der Waals surface area contributed by atoms with Crippen LogP contribution in [0.2, 0.25) is 0 Å². The summed E-state index contributed by atoms with van der Waals surface area (Å²) in [4.78, 5) is 23.6. The Bertz CT molecular complexity index is 531. The Morgan fingerprint density at radius 2 is 2.00 bits per heavy atom. The summed E-state index contributed by atoms with van der Waals surface area (Å²) in [6.45, 7) is 2.14. The van der Waals surface area contributed by atoms with E-state index in [9.17, 15) is 9.59 Å². The molecule has 1 unspecified atom stereocenters. The zero-order valence-corrected chi connectivity index (χ0v) is 11.6. The quantitative estimate of drug-likeness (QED) is 0.858. The van der Waals surface area contributed by atoms with Crippen molar-refractivity contribution in [1.29, 1.82) is 0 Å². The van der Waals surface area contributed by atoms with Gasteiger partial charge < -0.3 is 10.1 Å². The highest BCUT2D eigenvalue weighted by molar-refractivity contribution is 5.96. The molecule has 4 nitrogen and oxygen atoms in total. The number of nitrogens with one attached hydrogen (secondary N) is 1. The molecule has 2 aliphatic rings. The van der Waals surface area contributed by atoms with Crippen LogP contribution in [0.3, 0.4) is 0 Å². The molecule has 1 N–H and O–H groups in total. The minimum atomic E-state index is -0.332. The van der Waals surface area contributed by atoms with Crippen molar-refractivity contribution in [3.63, 3.8) is 0 Å². The van der Waals surface area contributed by atoms with E-state index in [0.717, 1.165) is 12.1 Å². The first kappa shape index (κ1) is 13.2. The summed E-state index contributed by atoms with van der Waals surface area (Å²) in [5.74, 6) is -0.0180. The van der Waals surface area contributed by atoms with Crippen molar-refractivity contribution in [3.05, 3.63) is 29.8 Å². The van der Waals surface area contributed by atoms with E-state index in [2.05, 4.69) is 5.32 Å². The molecule has 4 heteroatoms. The maximum absolute atomic E-state index is 12.1. The van der Waals surface area contributed by atoms with Gasteiger partial charge in [-0.25, -0.2) is 4.79 Å². The van der Waals surface area contributed by atoms with Gasteiger partial charge >= 0.3 is 5.97 Å². The molecule has 1 aromatic rings. The molecule has 0 radical (unpaired) electrons. The first-order valence-corrected chi connectivity index (χ1v) is 7.23. The third-order valence-electron chi connectivity index (χ3n) is 4.52. The standard InChI is InChI=1S/C16H19NO3/c1-2-20-15(19)11-4-6-12(7-5-11)17-14(18)13-10-16(13)8-3-9-16/h4-7,13H,2-3,8-10H2,1H3,(H,17,18). The molecular formula is C16H19NO3. The predicted octanol–water partition coefficient (Wildman–Crippen LogP) is 2.99. The van der Waals surface area contributed by atoms with E-state index in [1.165, 1.54) is 19.3 Å². The van der Waals surface area contributed by atoms with E-state index >= 15 is 0 Å². The summed E-state index contributed by atoms with van der Waals surface area (Å²) < 4.78 is 4.92. The fourth-order valence-electron chi connectivity index (χ4n) is 3.04. The Hall–Kier alpha value is -1.84. The normalized spacial score (nSPS) is 21.9. The number of ether oxygens (including phenoxy) is 1. The number of carbonyl (C=O) groups is 2. The van der Waals surface area contributed by atoms with Crippen LogP contribution >= 0.6 is 0 Å². The lowest BCUT2D eigenvalue weighted by atomic mass is 9.79. The Kier molecular flexibility index (Phi) is 3.24. The van der Waals surface area contributed by atoms with Crippen LogP contribution in [0.15, 0.2) is 24.3 Å². The van der Waals surface area contributed by atoms with Crippen molar-refractivity contribution in [2.24, 2.45) is 11.3 Å². The maximum atomic E-state index is 12.1. The monoisotopic (exact) mass is 273 g/mol. The first-order chi connectivity index (χ1) is 9.64. The van der Waals surface area contributed by atoms with Crippen LogP contribution < -0.4 is 5.32 Å². The van der Waals surface area contributed by atoms with Crippen LogP contribution in [0.5, 0.6) is 0 Å². The molecule has 0 aliphatic heterocycles. The molecule has 1 atom stereocenters. The summed E-state index contributed by atoms with van der Waals surface area (Å²) >= 11 is 0. The highest BCUT2D eigenvalue weighted by atomic mass is 16.5. The van der Waals surface area contributed by atoms with Gasteiger partial charge in [0.1, 0.15) is 0 Å². The third kappa shape index (κ3) is 2.30. The van der Waals surface area contributed by atoms with Gasteiger partial charge in [0, 0.05) is 11.6 Å². The molecule has 2 aliphatic carbocycles. The highest BCUT2D eigenvalue weighted by Gasteiger charge is 2.60. The van der Waals surface area contributed by atoms with Crippen LogP contribution in [0.4, 0.5) is 5.69 Å².